The summed E-state index contributed by atoms with van der Waals surface area (Å²) in [5.74, 6) is -0.656. The lowest BCUT2D eigenvalue weighted by atomic mass is 10.0. The second kappa shape index (κ2) is 5.46. The van der Waals surface area contributed by atoms with Crippen molar-refractivity contribution in [2.24, 2.45) is 0 Å². The molecule has 0 heterocycles. The minimum atomic E-state index is -0.656. The monoisotopic (exact) mass is 321 g/mol. The molecule has 1 aromatic rings. The van der Waals surface area contributed by atoms with E-state index in [0.29, 0.717) is 0 Å². The summed E-state index contributed by atoms with van der Waals surface area (Å²) in [4.78, 5) is 21.5. The number of nitrogens with zero attached hydrogens (tertiary/aromatic N) is 1. The van der Waals surface area contributed by atoms with E-state index in [2.05, 4.69) is 20.7 Å². The van der Waals surface area contributed by atoms with Gasteiger partial charge in [0.25, 0.3) is 5.69 Å². The van der Waals surface area contributed by atoms with Crippen LogP contribution < -0.4 is 0 Å². The minimum absolute atomic E-state index is 0.0936. The maximum atomic E-state index is 11.5. The highest BCUT2D eigenvalue weighted by Crippen LogP contribution is 2.36. The van der Waals surface area contributed by atoms with Crippen molar-refractivity contribution in [3.05, 3.63) is 38.4 Å². The van der Waals surface area contributed by atoms with Crippen LogP contribution in [0.25, 0.3) is 0 Å². The molecule has 0 amide bonds. The number of nitro groups is 1. The number of methoxy groups -OCH3 is 1. The number of nitro benzene ring substituents is 1. The third-order valence-electron chi connectivity index (χ3n) is 2.12. The number of rotatable bonds is 3. The molecule has 7 heteroatoms. The van der Waals surface area contributed by atoms with Crippen LogP contribution in [0.15, 0.2) is 12.1 Å². The highest BCUT2D eigenvalue weighted by atomic mass is 79.9. The smallest absolute Gasteiger partial charge is 0.338 e. The first-order valence-electron chi connectivity index (χ1n) is 4.58. The number of halogens is 2. The molecule has 0 aliphatic heterocycles. The first-order valence-corrected chi connectivity index (χ1v) is 5.88. The van der Waals surface area contributed by atoms with Gasteiger partial charge in [0.05, 0.1) is 23.2 Å². The quantitative estimate of drug-likeness (QED) is 0.370. The zero-order valence-electron chi connectivity index (χ0n) is 9.07. The molecule has 0 saturated carbocycles. The first-order chi connectivity index (χ1) is 7.88. The fraction of sp³-hybridized carbons (Fsp3) is 0.300. The Morgan fingerprint density at radius 2 is 2.18 bits per heavy atom. The van der Waals surface area contributed by atoms with Crippen molar-refractivity contribution < 1.29 is 14.5 Å². The van der Waals surface area contributed by atoms with E-state index in [1.54, 1.807) is 6.92 Å². The van der Waals surface area contributed by atoms with Crippen LogP contribution in [-0.2, 0) is 4.74 Å². The van der Waals surface area contributed by atoms with Gasteiger partial charge in [-0.25, -0.2) is 4.79 Å². The van der Waals surface area contributed by atoms with E-state index in [0.717, 1.165) is 0 Å². The fourth-order valence-corrected chi connectivity index (χ4v) is 2.15. The summed E-state index contributed by atoms with van der Waals surface area (Å²) in [5.41, 5.74) is 0.143. The average Bonchev–Trinajstić information content (AvgIpc) is 2.26. The van der Waals surface area contributed by atoms with Crippen LogP contribution in [-0.4, -0.2) is 18.0 Å². The van der Waals surface area contributed by atoms with Crippen LogP contribution in [0.2, 0.25) is 5.02 Å². The number of carbonyl (C=O) groups is 1. The fourth-order valence-electron chi connectivity index (χ4n) is 1.45. The van der Waals surface area contributed by atoms with Gasteiger partial charge in [0.1, 0.15) is 0 Å². The second-order valence-corrected chi connectivity index (χ2v) is 5.06. The number of esters is 1. The van der Waals surface area contributed by atoms with Crippen LogP contribution in [0.1, 0.15) is 27.7 Å². The zero-order valence-corrected chi connectivity index (χ0v) is 11.4. The summed E-state index contributed by atoms with van der Waals surface area (Å²) in [6, 6.07) is 2.56. The van der Waals surface area contributed by atoms with Crippen molar-refractivity contribution in [2.45, 2.75) is 11.8 Å². The van der Waals surface area contributed by atoms with Crippen LogP contribution in [0.4, 0.5) is 5.69 Å². The molecule has 0 aliphatic rings. The van der Waals surface area contributed by atoms with Crippen molar-refractivity contribution in [1.82, 2.24) is 0 Å². The Kier molecular flexibility index (Phi) is 4.47. The Morgan fingerprint density at radius 3 is 2.59 bits per heavy atom. The van der Waals surface area contributed by atoms with Crippen LogP contribution in [0.5, 0.6) is 0 Å². The molecule has 1 atom stereocenters. The lowest BCUT2D eigenvalue weighted by Crippen LogP contribution is -2.09. The number of hydrogen-bond donors (Lipinski definition) is 0. The van der Waals surface area contributed by atoms with E-state index in [1.165, 1.54) is 19.2 Å². The van der Waals surface area contributed by atoms with E-state index in [9.17, 15) is 14.9 Å². The average molecular weight is 323 g/mol. The molecular formula is C10H9BrClNO4. The molecular weight excluding hydrogens is 313 g/mol. The summed E-state index contributed by atoms with van der Waals surface area (Å²) in [7, 11) is 1.21. The normalized spacial score (nSPS) is 12.0. The molecule has 1 unspecified atom stereocenters. The van der Waals surface area contributed by atoms with Gasteiger partial charge < -0.3 is 4.74 Å². The number of alkyl halides is 1. The van der Waals surface area contributed by atoms with Crippen LogP contribution in [0.3, 0.4) is 0 Å². The van der Waals surface area contributed by atoms with E-state index < -0.39 is 10.9 Å². The van der Waals surface area contributed by atoms with Gasteiger partial charge in [-0.3, -0.25) is 10.1 Å². The topological polar surface area (TPSA) is 69.4 Å². The molecule has 0 aromatic heterocycles. The molecule has 0 bridgehead atoms. The van der Waals surface area contributed by atoms with Gasteiger partial charge >= 0.3 is 5.97 Å². The molecule has 5 nitrogen and oxygen atoms in total. The summed E-state index contributed by atoms with van der Waals surface area (Å²) in [6.07, 6.45) is 0. The molecule has 0 saturated heterocycles. The SMILES string of the molecule is COC(=O)c1cc(Cl)cc([N+](=O)[O-])c1C(C)Br. The van der Waals surface area contributed by atoms with Gasteiger partial charge in [0.2, 0.25) is 0 Å². The molecule has 0 N–H and O–H groups in total. The molecule has 1 aromatic carbocycles. The molecule has 0 radical (unpaired) electrons. The first kappa shape index (κ1) is 13.9. The molecule has 17 heavy (non-hydrogen) atoms. The Labute approximate surface area is 111 Å². The van der Waals surface area contributed by atoms with Crippen molar-refractivity contribution >= 4 is 39.2 Å². The van der Waals surface area contributed by atoms with Crippen molar-refractivity contribution in [3.8, 4) is 0 Å². The molecule has 0 fully saturated rings. The van der Waals surface area contributed by atoms with E-state index >= 15 is 0 Å². The van der Waals surface area contributed by atoms with E-state index in [4.69, 9.17) is 11.6 Å². The summed E-state index contributed by atoms with van der Waals surface area (Å²) in [6.45, 7) is 1.68. The van der Waals surface area contributed by atoms with E-state index in [-0.39, 0.29) is 26.7 Å². The number of carbonyl (C=O) groups excluding carboxylic acids is 1. The zero-order chi connectivity index (χ0) is 13.2. The van der Waals surface area contributed by atoms with Crippen LogP contribution >= 0.6 is 27.5 Å². The summed E-state index contributed by atoms with van der Waals surface area (Å²) in [5, 5.41) is 11.0. The molecule has 0 spiro atoms. The third kappa shape index (κ3) is 2.95. The van der Waals surface area contributed by atoms with Crippen molar-refractivity contribution in [1.29, 1.82) is 0 Å². The van der Waals surface area contributed by atoms with Gasteiger partial charge in [-0.15, -0.1) is 0 Å². The second-order valence-electron chi connectivity index (χ2n) is 3.25. The van der Waals surface area contributed by atoms with E-state index in [1.807, 2.05) is 0 Å². The van der Waals surface area contributed by atoms with Crippen molar-refractivity contribution in [3.63, 3.8) is 0 Å². The van der Waals surface area contributed by atoms with Crippen LogP contribution in [0, 0.1) is 10.1 Å². The largest absolute Gasteiger partial charge is 0.465 e. The number of benzene rings is 1. The minimum Gasteiger partial charge on any atom is -0.465 e. The van der Waals surface area contributed by atoms with Gasteiger partial charge in [-0.2, -0.15) is 0 Å². The predicted octanol–water partition coefficient (Wildman–Crippen LogP) is 3.49. The van der Waals surface area contributed by atoms with Gasteiger partial charge in [0, 0.05) is 15.9 Å². The highest BCUT2D eigenvalue weighted by molar-refractivity contribution is 9.09. The lowest BCUT2D eigenvalue weighted by Gasteiger charge is -2.11. The lowest BCUT2D eigenvalue weighted by molar-refractivity contribution is -0.385. The number of ether oxygens (including phenoxy) is 1. The summed E-state index contributed by atoms with van der Waals surface area (Å²) < 4.78 is 4.58. The van der Waals surface area contributed by atoms with Crippen molar-refractivity contribution in [2.75, 3.05) is 7.11 Å². The number of hydrogen-bond acceptors (Lipinski definition) is 4. The van der Waals surface area contributed by atoms with Gasteiger partial charge in [-0.05, 0) is 13.0 Å². The predicted molar refractivity (Wildman–Crippen MR) is 66.8 cm³/mol. The van der Waals surface area contributed by atoms with Gasteiger partial charge in [0.15, 0.2) is 0 Å². The Hall–Kier alpha value is -1.14. The Bertz CT molecular complexity index is 476. The third-order valence-corrected chi connectivity index (χ3v) is 2.80. The Balaban J connectivity index is 3.57. The Morgan fingerprint density at radius 1 is 1.59 bits per heavy atom. The standard InChI is InChI=1S/C10H9BrClNO4/c1-5(11)9-7(10(14)17-2)3-6(12)4-8(9)13(15)16/h3-5H,1-2H3. The highest BCUT2D eigenvalue weighted by Gasteiger charge is 2.26. The maximum absolute atomic E-state index is 11.5. The summed E-state index contributed by atoms with van der Waals surface area (Å²) >= 11 is 8.96. The molecule has 1 rings (SSSR count). The molecule has 92 valence electrons. The molecule has 0 aliphatic carbocycles. The van der Waals surface area contributed by atoms with Gasteiger partial charge in [-0.1, -0.05) is 27.5 Å². The maximum Gasteiger partial charge on any atom is 0.338 e.